The summed E-state index contributed by atoms with van der Waals surface area (Å²) in [4.78, 5) is 0. The van der Waals surface area contributed by atoms with Crippen molar-refractivity contribution in [2.45, 2.75) is 38.6 Å². The van der Waals surface area contributed by atoms with E-state index in [0.29, 0.717) is 12.0 Å². The van der Waals surface area contributed by atoms with Gasteiger partial charge in [-0.1, -0.05) is 67.1 Å². The molecule has 1 heteroatoms. The van der Waals surface area contributed by atoms with Crippen LogP contribution in [0.4, 0.5) is 0 Å². The lowest BCUT2D eigenvalue weighted by Gasteiger charge is -2.22. The number of hydrogen-bond acceptors (Lipinski definition) is 1. The summed E-state index contributed by atoms with van der Waals surface area (Å²) in [6.45, 7) is 5.50. The van der Waals surface area contributed by atoms with Crippen LogP contribution in [0.15, 0.2) is 54.6 Å². The van der Waals surface area contributed by atoms with Gasteiger partial charge in [-0.2, -0.15) is 0 Å². The smallest absolute Gasteiger partial charge is 0.0348 e. The lowest BCUT2D eigenvalue weighted by Crippen LogP contribution is -2.27. The molecule has 0 radical (unpaired) electrons. The van der Waals surface area contributed by atoms with Gasteiger partial charge in [-0.05, 0) is 42.7 Å². The number of aryl methyl sites for hydroxylation is 1. The molecule has 1 N–H and O–H groups in total. The van der Waals surface area contributed by atoms with Crippen LogP contribution < -0.4 is 5.32 Å². The molecule has 1 saturated carbocycles. The average Bonchev–Trinajstić information content (AvgIpc) is 3.35. The molecular weight excluding hydrogens is 254 g/mol. The molecule has 0 aromatic heterocycles. The number of rotatable bonds is 6. The molecule has 0 bridgehead atoms. The lowest BCUT2D eigenvalue weighted by atomic mass is 9.98. The van der Waals surface area contributed by atoms with E-state index in [4.69, 9.17) is 0 Å². The molecule has 1 fully saturated rings. The van der Waals surface area contributed by atoms with Gasteiger partial charge >= 0.3 is 0 Å². The maximum atomic E-state index is 3.82. The fraction of sp³-hybridized carbons (Fsp3) is 0.400. The summed E-state index contributed by atoms with van der Waals surface area (Å²) >= 11 is 0. The molecule has 3 rings (SSSR count). The quantitative estimate of drug-likeness (QED) is 0.798. The van der Waals surface area contributed by atoms with Crippen LogP contribution in [0.3, 0.4) is 0 Å². The Morgan fingerprint density at radius 2 is 1.62 bits per heavy atom. The van der Waals surface area contributed by atoms with Crippen LogP contribution >= 0.6 is 0 Å². The van der Waals surface area contributed by atoms with Gasteiger partial charge in [0.05, 0.1) is 0 Å². The van der Waals surface area contributed by atoms with E-state index in [1.54, 1.807) is 0 Å². The van der Waals surface area contributed by atoms with Crippen molar-refractivity contribution in [3.63, 3.8) is 0 Å². The van der Waals surface area contributed by atoms with Gasteiger partial charge in [0, 0.05) is 12.6 Å². The van der Waals surface area contributed by atoms with Crippen LogP contribution in [0.2, 0.25) is 0 Å². The molecule has 0 heterocycles. The monoisotopic (exact) mass is 279 g/mol. The third kappa shape index (κ3) is 3.74. The maximum Gasteiger partial charge on any atom is 0.0348 e. The molecule has 0 spiro atoms. The summed E-state index contributed by atoms with van der Waals surface area (Å²) < 4.78 is 0. The summed E-state index contributed by atoms with van der Waals surface area (Å²) in [5, 5.41) is 3.82. The van der Waals surface area contributed by atoms with Gasteiger partial charge in [-0.25, -0.2) is 0 Å². The van der Waals surface area contributed by atoms with Crippen molar-refractivity contribution in [3.8, 4) is 0 Å². The maximum absolute atomic E-state index is 3.82. The normalized spacial score (nSPS) is 17.4. The van der Waals surface area contributed by atoms with E-state index < -0.39 is 0 Å². The van der Waals surface area contributed by atoms with Crippen LogP contribution in [0.25, 0.3) is 0 Å². The zero-order valence-electron chi connectivity index (χ0n) is 13.0. The molecule has 1 aliphatic carbocycles. The number of benzene rings is 2. The first kappa shape index (κ1) is 14.3. The second-order valence-electron chi connectivity index (χ2n) is 6.45. The first-order valence-corrected chi connectivity index (χ1v) is 8.09. The highest BCUT2D eigenvalue weighted by atomic mass is 14.9. The molecule has 2 aromatic carbocycles. The van der Waals surface area contributed by atoms with Crippen LogP contribution in [0, 0.1) is 12.8 Å². The second kappa shape index (κ2) is 6.44. The van der Waals surface area contributed by atoms with E-state index in [2.05, 4.69) is 73.8 Å². The molecular formula is C20H25N. The Kier molecular flexibility index (Phi) is 4.40. The SMILES string of the molecule is Cc1ccc(C(NCC(C)c2ccccc2)C2CC2)cc1. The van der Waals surface area contributed by atoms with Gasteiger partial charge in [0.2, 0.25) is 0 Å². The Balaban J connectivity index is 1.65. The first-order valence-electron chi connectivity index (χ1n) is 8.09. The summed E-state index contributed by atoms with van der Waals surface area (Å²) in [7, 11) is 0. The predicted molar refractivity (Wildman–Crippen MR) is 89.5 cm³/mol. The van der Waals surface area contributed by atoms with Gasteiger partial charge in [0.25, 0.3) is 0 Å². The highest BCUT2D eigenvalue weighted by Crippen LogP contribution is 2.41. The molecule has 2 atom stereocenters. The lowest BCUT2D eigenvalue weighted by molar-refractivity contribution is 0.463. The third-order valence-corrected chi connectivity index (χ3v) is 4.54. The third-order valence-electron chi connectivity index (χ3n) is 4.54. The topological polar surface area (TPSA) is 12.0 Å². The molecule has 0 saturated heterocycles. The standard InChI is InChI=1S/C20H25N/c1-15-8-10-18(11-9-15)20(19-12-13-19)21-14-16(2)17-6-4-3-5-7-17/h3-11,16,19-21H,12-14H2,1-2H3. The Labute approximate surface area is 128 Å². The van der Waals surface area contributed by atoms with Gasteiger partial charge < -0.3 is 5.32 Å². The Morgan fingerprint density at radius 1 is 0.952 bits per heavy atom. The van der Waals surface area contributed by atoms with Crippen molar-refractivity contribution < 1.29 is 0 Å². The molecule has 1 aliphatic rings. The van der Waals surface area contributed by atoms with Crippen molar-refractivity contribution >= 4 is 0 Å². The first-order chi connectivity index (χ1) is 10.2. The van der Waals surface area contributed by atoms with E-state index in [1.807, 2.05) is 0 Å². The molecule has 21 heavy (non-hydrogen) atoms. The van der Waals surface area contributed by atoms with Gasteiger partial charge in [-0.3, -0.25) is 0 Å². The Hall–Kier alpha value is -1.60. The van der Waals surface area contributed by atoms with E-state index >= 15 is 0 Å². The van der Waals surface area contributed by atoms with E-state index in [9.17, 15) is 0 Å². The van der Waals surface area contributed by atoms with Crippen molar-refractivity contribution in [3.05, 3.63) is 71.3 Å². The fourth-order valence-corrected chi connectivity index (χ4v) is 2.96. The molecule has 2 unspecified atom stereocenters. The molecule has 0 aliphatic heterocycles. The predicted octanol–water partition coefficient (Wildman–Crippen LogP) is 4.84. The van der Waals surface area contributed by atoms with Crippen molar-refractivity contribution in [2.24, 2.45) is 5.92 Å². The van der Waals surface area contributed by atoms with Crippen LogP contribution in [-0.2, 0) is 0 Å². The number of nitrogens with one attached hydrogen (secondary N) is 1. The fourth-order valence-electron chi connectivity index (χ4n) is 2.96. The van der Waals surface area contributed by atoms with Gasteiger partial charge in [0.15, 0.2) is 0 Å². The highest BCUT2D eigenvalue weighted by molar-refractivity contribution is 5.26. The van der Waals surface area contributed by atoms with Crippen LogP contribution in [0.1, 0.15) is 48.4 Å². The van der Waals surface area contributed by atoms with Gasteiger partial charge in [0.1, 0.15) is 0 Å². The average molecular weight is 279 g/mol. The van der Waals surface area contributed by atoms with E-state index in [1.165, 1.54) is 29.5 Å². The Morgan fingerprint density at radius 3 is 2.24 bits per heavy atom. The van der Waals surface area contributed by atoms with E-state index in [-0.39, 0.29) is 0 Å². The minimum absolute atomic E-state index is 0.525. The molecule has 110 valence electrons. The second-order valence-corrected chi connectivity index (χ2v) is 6.45. The summed E-state index contributed by atoms with van der Waals surface area (Å²) in [6.07, 6.45) is 2.73. The zero-order valence-corrected chi connectivity index (χ0v) is 13.0. The largest absolute Gasteiger partial charge is 0.309 e. The Bertz CT molecular complexity index is 554. The highest BCUT2D eigenvalue weighted by Gasteiger charge is 2.32. The van der Waals surface area contributed by atoms with Gasteiger partial charge in [-0.15, -0.1) is 0 Å². The van der Waals surface area contributed by atoms with Crippen LogP contribution in [0.5, 0.6) is 0 Å². The van der Waals surface area contributed by atoms with Crippen molar-refractivity contribution in [2.75, 3.05) is 6.54 Å². The summed E-state index contributed by atoms with van der Waals surface area (Å²) in [6, 6.07) is 20.4. The summed E-state index contributed by atoms with van der Waals surface area (Å²) in [5.74, 6) is 1.38. The van der Waals surface area contributed by atoms with Crippen molar-refractivity contribution in [1.29, 1.82) is 0 Å². The van der Waals surface area contributed by atoms with E-state index in [0.717, 1.165) is 12.5 Å². The minimum atomic E-state index is 0.525. The molecule has 2 aromatic rings. The van der Waals surface area contributed by atoms with Crippen molar-refractivity contribution in [1.82, 2.24) is 5.32 Å². The molecule has 1 nitrogen and oxygen atoms in total. The zero-order chi connectivity index (χ0) is 14.7. The summed E-state index contributed by atoms with van der Waals surface area (Å²) in [5.41, 5.74) is 4.21. The minimum Gasteiger partial charge on any atom is -0.309 e. The van der Waals surface area contributed by atoms with Crippen LogP contribution in [-0.4, -0.2) is 6.54 Å². The number of hydrogen-bond donors (Lipinski definition) is 1. The molecule has 0 amide bonds.